The van der Waals surface area contributed by atoms with Crippen molar-refractivity contribution in [3.8, 4) is 0 Å². The van der Waals surface area contributed by atoms with E-state index in [1.807, 2.05) is 44.2 Å². The predicted octanol–water partition coefficient (Wildman–Crippen LogP) is 4.91. The van der Waals surface area contributed by atoms with E-state index in [0.717, 1.165) is 65.4 Å². The van der Waals surface area contributed by atoms with Crippen LogP contribution in [-0.4, -0.2) is 34.6 Å². The molecule has 0 amide bonds. The first-order valence-electron chi connectivity index (χ1n) is 11.5. The summed E-state index contributed by atoms with van der Waals surface area (Å²) in [7, 11) is 0. The maximum absolute atomic E-state index is 5.83. The molecule has 2 aliphatic rings. The Hall–Kier alpha value is -3.54. The molecule has 3 aromatic rings. The van der Waals surface area contributed by atoms with Crippen molar-refractivity contribution in [3.63, 3.8) is 0 Å². The van der Waals surface area contributed by atoms with Gasteiger partial charge in [-0.05, 0) is 68.4 Å². The maximum atomic E-state index is 5.83. The van der Waals surface area contributed by atoms with Gasteiger partial charge in [-0.2, -0.15) is 0 Å². The van der Waals surface area contributed by atoms with Crippen LogP contribution in [0.15, 0.2) is 64.9 Å². The van der Waals surface area contributed by atoms with Crippen LogP contribution in [0.1, 0.15) is 58.2 Å². The van der Waals surface area contributed by atoms with Gasteiger partial charge in [-0.3, -0.25) is 9.97 Å². The Morgan fingerprint density at radius 1 is 0.697 bits per heavy atom. The average molecular weight is 441 g/mol. The molecular formula is C27H28N4O2. The van der Waals surface area contributed by atoms with Gasteiger partial charge in [0.15, 0.2) is 0 Å². The lowest BCUT2D eigenvalue weighted by Gasteiger charge is -2.15. The molecule has 0 radical (unpaired) electrons. The molecule has 33 heavy (non-hydrogen) atoms. The van der Waals surface area contributed by atoms with Crippen molar-refractivity contribution >= 4 is 11.4 Å². The van der Waals surface area contributed by atoms with Gasteiger partial charge in [0.1, 0.15) is 24.6 Å². The zero-order valence-electron chi connectivity index (χ0n) is 19.1. The first kappa shape index (κ1) is 21.3. The highest BCUT2D eigenvalue weighted by molar-refractivity contribution is 6.03. The maximum Gasteiger partial charge on any atom is 0.127 e. The molecule has 0 N–H and O–H groups in total. The number of aryl methyl sites for hydroxylation is 4. The lowest BCUT2D eigenvalue weighted by Crippen LogP contribution is -2.13. The molecule has 0 unspecified atom stereocenters. The van der Waals surface area contributed by atoms with Crippen LogP contribution >= 0.6 is 0 Å². The summed E-state index contributed by atoms with van der Waals surface area (Å²) < 4.78 is 0. The molecule has 0 saturated carbocycles. The lowest BCUT2D eigenvalue weighted by molar-refractivity contribution is 0.0715. The Morgan fingerprint density at radius 2 is 1.21 bits per heavy atom. The highest BCUT2D eigenvalue weighted by Crippen LogP contribution is 2.24. The summed E-state index contributed by atoms with van der Waals surface area (Å²) in [5.74, 6) is 0.0117. The Bertz CT molecular complexity index is 1130. The number of rotatable bonds is 7. The Balaban J connectivity index is 1.27. The number of nitrogens with zero attached hydrogens (tertiary/aromatic N) is 4. The summed E-state index contributed by atoms with van der Waals surface area (Å²) in [6.45, 7) is 4.82. The van der Waals surface area contributed by atoms with Crippen LogP contribution in [-0.2, 0) is 22.5 Å². The standard InChI is InChI=1S/C27H28N4O2/c1-18-8-10-21-12-14-24(26(21)28-18)30-32-16-23(20-6-4-3-5-7-20)17-33-31-25-15-13-22-11-9-19(2)29-27(22)25/h3-11,23H,12-17H2,1-2H3. The number of aromatic nitrogens is 2. The number of fused-ring (bicyclic) bond motifs is 2. The first-order valence-corrected chi connectivity index (χ1v) is 11.5. The molecule has 0 aliphatic heterocycles. The minimum atomic E-state index is 0.0117. The minimum absolute atomic E-state index is 0.0117. The second kappa shape index (κ2) is 9.53. The molecule has 0 spiro atoms. The summed E-state index contributed by atoms with van der Waals surface area (Å²) in [6, 6.07) is 18.6. The second-order valence-electron chi connectivity index (χ2n) is 8.70. The SMILES string of the molecule is Cc1ccc2c(n1)C(=NOCC(CON=C1CCc3ccc(C)nc31)c1ccccc1)CC2. The second-order valence-corrected chi connectivity index (χ2v) is 8.70. The Labute approximate surface area is 194 Å². The van der Waals surface area contributed by atoms with Crippen LogP contribution in [0.3, 0.4) is 0 Å². The fourth-order valence-electron chi connectivity index (χ4n) is 4.37. The van der Waals surface area contributed by atoms with Crippen LogP contribution in [0.2, 0.25) is 0 Å². The van der Waals surface area contributed by atoms with Crippen LogP contribution in [0, 0.1) is 13.8 Å². The monoisotopic (exact) mass is 440 g/mol. The average Bonchev–Trinajstić information content (AvgIpc) is 3.42. The van der Waals surface area contributed by atoms with E-state index in [1.165, 1.54) is 11.1 Å². The van der Waals surface area contributed by atoms with Gasteiger partial charge < -0.3 is 9.68 Å². The lowest BCUT2D eigenvalue weighted by atomic mass is 10.0. The molecule has 2 aliphatic carbocycles. The van der Waals surface area contributed by atoms with E-state index in [-0.39, 0.29) is 5.92 Å². The van der Waals surface area contributed by atoms with Crippen LogP contribution < -0.4 is 0 Å². The summed E-state index contributed by atoms with van der Waals surface area (Å²) in [4.78, 5) is 21.0. The quantitative estimate of drug-likeness (QED) is 0.490. The summed E-state index contributed by atoms with van der Waals surface area (Å²) in [5.41, 5.74) is 9.39. The number of pyridine rings is 2. The van der Waals surface area contributed by atoms with E-state index in [4.69, 9.17) is 9.68 Å². The summed E-state index contributed by atoms with van der Waals surface area (Å²) in [6.07, 6.45) is 3.64. The smallest absolute Gasteiger partial charge is 0.127 e. The van der Waals surface area contributed by atoms with Crippen molar-refractivity contribution in [2.45, 2.75) is 45.4 Å². The largest absolute Gasteiger partial charge is 0.395 e. The normalized spacial score (nSPS) is 17.8. The zero-order chi connectivity index (χ0) is 22.6. The van der Waals surface area contributed by atoms with Crippen LogP contribution in [0.5, 0.6) is 0 Å². The highest BCUT2D eigenvalue weighted by atomic mass is 16.6. The number of oxime groups is 2. The van der Waals surface area contributed by atoms with Gasteiger partial charge in [0.25, 0.3) is 0 Å². The van der Waals surface area contributed by atoms with Gasteiger partial charge >= 0.3 is 0 Å². The summed E-state index contributed by atoms with van der Waals surface area (Å²) in [5, 5.41) is 8.90. The predicted molar refractivity (Wildman–Crippen MR) is 129 cm³/mol. The topological polar surface area (TPSA) is 69.0 Å². The van der Waals surface area contributed by atoms with E-state index in [1.54, 1.807) is 0 Å². The summed E-state index contributed by atoms with van der Waals surface area (Å²) >= 11 is 0. The third-order valence-corrected chi connectivity index (χ3v) is 6.22. The highest BCUT2D eigenvalue weighted by Gasteiger charge is 2.22. The van der Waals surface area contributed by atoms with Crippen molar-refractivity contribution in [1.29, 1.82) is 0 Å². The van der Waals surface area contributed by atoms with Crippen molar-refractivity contribution in [2.24, 2.45) is 10.3 Å². The van der Waals surface area contributed by atoms with Crippen molar-refractivity contribution in [1.82, 2.24) is 9.97 Å². The Morgan fingerprint density at radius 3 is 1.73 bits per heavy atom. The van der Waals surface area contributed by atoms with E-state index >= 15 is 0 Å². The minimum Gasteiger partial charge on any atom is -0.395 e. The molecule has 6 heteroatoms. The third-order valence-electron chi connectivity index (χ3n) is 6.22. The fourth-order valence-corrected chi connectivity index (χ4v) is 4.37. The van der Waals surface area contributed by atoms with Gasteiger partial charge in [0.2, 0.25) is 0 Å². The molecule has 0 bridgehead atoms. The fraction of sp³-hybridized carbons (Fsp3) is 0.333. The number of benzene rings is 1. The molecule has 1 aromatic carbocycles. The number of hydrogen-bond acceptors (Lipinski definition) is 6. The van der Waals surface area contributed by atoms with Crippen LogP contribution in [0.25, 0.3) is 0 Å². The van der Waals surface area contributed by atoms with E-state index in [0.29, 0.717) is 13.2 Å². The van der Waals surface area contributed by atoms with Crippen LogP contribution in [0.4, 0.5) is 0 Å². The number of hydrogen-bond donors (Lipinski definition) is 0. The molecule has 0 atom stereocenters. The van der Waals surface area contributed by atoms with Gasteiger partial charge in [-0.25, -0.2) is 0 Å². The molecular weight excluding hydrogens is 412 g/mol. The molecule has 168 valence electrons. The van der Waals surface area contributed by atoms with Gasteiger partial charge in [-0.15, -0.1) is 0 Å². The zero-order valence-corrected chi connectivity index (χ0v) is 19.1. The molecule has 2 aromatic heterocycles. The molecule has 6 nitrogen and oxygen atoms in total. The van der Waals surface area contributed by atoms with E-state index < -0.39 is 0 Å². The molecule has 0 fully saturated rings. The van der Waals surface area contributed by atoms with Crippen molar-refractivity contribution < 1.29 is 9.68 Å². The van der Waals surface area contributed by atoms with Gasteiger partial charge in [0.05, 0.1) is 17.3 Å². The third kappa shape index (κ3) is 4.80. The van der Waals surface area contributed by atoms with Gasteiger partial charge in [0, 0.05) is 11.4 Å². The van der Waals surface area contributed by atoms with Crippen molar-refractivity contribution in [2.75, 3.05) is 13.2 Å². The molecule has 2 heterocycles. The van der Waals surface area contributed by atoms with Gasteiger partial charge in [-0.1, -0.05) is 52.8 Å². The van der Waals surface area contributed by atoms with E-state index in [2.05, 4.69) is 44.5 Å². The Kier molecular flexibility index (Phi) is 6.15. The van der Waals surface area contributed by atoms with Crippen molar-refractivity contribution in [3.05, 3.63) is 94.1 Å². The van der Waals surface area contributed by atoms with E-state index in [9.17, 15) is 0 Å². The molecule has 0 saturated heterocycles. The first-order chi connectivity index (χ1) is 16.2. The molecule has 5 rings (SSSR count).